The standard InChI is InChI=1S/C6H11ClO2S/c1-3-5-6(4-2)10(7,8)9/h4,6H,2-3,5H2,1H3. The molecule has 1 atom stereocenters. The molecule has 0 aromatic carbocycles. The van der Waals surface area contributed by atoms with Gasteiger partial charge in [0.15, 0.2) is 0 Å². The van der Waals surface area contributed by atoms with Gasteiger partial charge < -0.3 is 0 Å². The molecule has 4 heteroatoms. The summed E-state index contributed by atoms with van der Waals surface area (Å²) < 4.78 is 21.3. The van der Waals surface area contributed by atoms with E-state index in [9.17, 15) is 8.42 Å². The fourth-order valence-electron chi connectivity index (χ4n) is 0.658. The summed E-state index contributed by atoms with van der Waals surface area (Å²) >= 11 is 0. The van der Waals surface area contributed by atoms with Crippen LogP contribution in [0.5, 0.6) is 0 Å². The third-order valence-electron chi connectivity index (χ3n) is 1.20. The largest absolute Gasteiger partial charge is 0.239 e. The van der Waals surface area contributed by atoms with E-state index in [1.54, 1.807) is 0 Å². The maximum atomic E-state index is 10.6. The van der Waals surface area contributed by atoms with Crippen LogP contribution >= 0.6 is 10.7 Å². The number of hydrogen-bond acceptors (Lipinski definition) is 2. The molecule has 0 aliphatic heterocycles. The van der Waals surface area contributed by atoms with Gasteiger partial charge in [-0.15, -0.1) is 6.58 Å². The van der Waals surface area contributed by atoms with Crippen LogP contribution in [0.1, 0.15) is 19.8 Å². The van der Waals surface area contributed by atoms with Crippen LogP contribution in [-0.2, 0) is 9.05 Å². The first kappa shape index (κ1) is 9.98. The highest BCUT2D eigenvalue weighted by Crippen LogP contribution is 2.13. The lowest BCUT2D eigenvalue weighted by molar-refractivity contribution is 0.597. The predicted molar refractivity (Wildman–Crippen MR) is 43.7 cm³/mol. The molecule has 2 nitrogen and oxygen atoms in total. The van der Waals surface area contributed by atoms with Crippen LogP contribution in [0, 0.1) is 0 Å². The minimum absolute atomic E-state index is 0.551. The first-order valence-corrected chi connectivity index (χ1v) is 5.45. The fourth-order valence-corrected chi connectivity index (χ4v) is 1.89. The lowest BCUT2D eigenvalue weighted by Gasteiger charge is -2.04. The lowest BCUT2D eigenvalue weighted by atomic mass is 10.2. The van der Waals surface area contributed by atoms with Gasteiger partial charge in [0.2, 0.25) is 9.05 Å². The van der Waals surface area contributed by atoms with Crippen molar-refractivity contribution in [3.05, 3.63) is 12.7 Å². The maximum absolute atomic E-state index is 10.6. The van der Waals surface area contributed by atoms with Crippen molar-refractivity contribution < 1.29 is 8.42 Å². The summed E-state index contributed by atoms with van der Waals surface area (Å²) in [6.07, 6.45) is 2.71. The number of hydrogen-bond donors (Lipinski definition) is 0. The van der Waals surface area contributed by atoms with Crippen molar-refractivity contribution in [1.29, 1.82) is 0 Å². The second-order valence-electron chi connectivity index (χ2n) is 2.04. The summed E-state index contributed by atoms with van der Waals surface area (Å²) in [5, 5.41) is -0.584. The minimum atomic E-state index is -3.42. The summed E-state index contributed by atoms with van der Waals surface area (Å²) in [5.74, 6) is 0. The smallest absolute Gasteiger partial charge is 0.212 e. The van der Waals surface area contributed by atoms with Gasteiger partial charge in [0.1, 0.15) is 0 Å². The van der Waals surface area contributed by atoms with Gasteiger partial charge in [-0.25, -0.2) is 8.42 Å². The highest BCUT2D eigenvalue weighted by atomic mass is 35.7. The summed E-state index contributed by atoms with van der Waals surface area (Å²) in [6, 6.07) is 0. The first-order valence-electron chi connectivity index (χ1n) is 3.08. The molecule has 60 valence electrons. The van der Waals surface area contributed by atoms with E-state index >= 15 is 0 Å². The molecule has 0 radical (unpaired) electrons. The Hall–Kier alpha value is -0.0200. The predicted octanol–water partition coefficient (Wildman–Crippen LogP) is 1.91. The molecule has 1 unspecified atom stereocenters. The van der Waals surface area contributed by atoms with E-state index in [2.05, 4.69) is 6.58 Å². The van der Waals surface area contributed by atoms with Gasteiger partial charge in [-0.3, -0.25) is 0 Å². The van der Waals surface area contributed by atoms with Crippen LogP contribution < -0.4 is 0 Å². The monoisotopic (exact) mass is 182 g/mol. The average molecular weight is 183 g/mol. The Morgan fingerprint density at radius 1 is 1.70 bits per heavy atom. The average Bonchev–Trinajstić information content (AvgIpc) is 1.80. The molecular weight excluding hydrogens is 172 g/mol. The zero-order chi connectivity index (χ0) is 8.20. The van der Waals surface area contributed by atoms with Gasteiger partial charge >= 0.3 is 0 Å². The molecule has 0 aromatic rings. The lowest BCUT2D eigenvalue weighted by Crippen LogP contribution is -2.11. The summed E-state index contributed by atoms with van der Waals surface area (Å²) in [7, 11) is 1.66. The number of rotatable bonds is 4. The Kier molecular flexibility index (Phi) is 3.98. The van der Waals surface area contributed by atoms with Gasteiger partial charge in [-0.05, 0) is 6.42 Å². The van der Waals surface area contributed by atoms with Crippen molar-refractivity contribution in [2.75, 3.05) is 0 Å². The highest BCUT2D eigenvalue weighted by Gasteiger charge is 2.17. The van der Waals surface area contributed by atoms with E-state index in [1.807, 2.05) is 6.92 Å². The SMILES string of the molecule is C=CC(CCC)S(=O)(=O)Cl. The molecule has 0 heterocycles. The van der Waals surface area contributed by atoms with Gasteiger partial charge in [0.05, 0.1) is 5.25 Å². The Labute approximate surface area is 66.3 Å². The minimum Gasteiger partial charge on any atom is -0.212 e. The Morgan fingerprint density at radius 2 is 2.20 bits per heavy atom. The van der Waals surface area contributed by atoms with Crippen LogP contribution in [0.15, 0.2) is 12.7 Å². The second-order valence-corrected chi connectivity index (χ2v) is 4.89. The van der Waals surface area contributed by atoms with E-state index in [-0.39, 0.29) is 0 Å². The van der Waals surface area contributed by atoms with Gasteiger partial charge in [-0.1, -0.05) is 19.4 Å². The summed E-state index contributed by atoms with van der Waals surface area (Å²) in [5.41, 5.74) is 0. The maximum Gasteiger partial charge on any atom is 0.239 e. The Bertz CT molecular complexity index is 196. The van der Waals surface area contributed by atoms with Crippen molar-refractivity contribution >= 4 is 19.7 Å². The summed E-state index contributed by atoms with van der Waals surface area (Å²) in [4.78, 5) is 0. The molecule has 0 saturated heterocycles. The van der Waals surface area contributed by atoms with E-state index in [0.717, 1.165) is 6.42 Å². The zero-order valence-electron chi connectivity index (χ0n) is 5.88. The number of halogens is 1. The third kappa shape index (κ3) is 3.22. The Morgan fingerprint density at radius 3 is 2.30 bits per heavy atom. The van der Waals surface area contributed by atoms with Crippen molar-refractivity contribution in [1.82, 2.24) is 0 Å². The molecule has 0 bridgehead atoms. The fraction of sp³-hybridized carbons (Fsp3) is 0.667. The first-order chi connectivity index (χ1) is 4.52. The zero-order valence-corrected chi connectivity index (χ0v) is 7.45. The molecule has 0 fully saturated rings. The molecule has 0 saturated carbocycles. The van der Waals surface area contributed by atoms with Gasteiger partial charge in [-0.2, -0.15) is 0 Å². The van der Waals surface area contributed by atoms with Crippen LogP contribution in [0.3, 0.4) is 0 Å². The molecule has 0 amide bonds. The van der Waals surface area contributed by atoms with E-state index < -0.39 is 14.3 Å². The molecule has 0 rings (SSSR count). The summed E-state index contributed by atoms with van der Waals surface area (Å²) in [6.45, 7) is 5.28. The molecule has 10 heavy (non-hydrogen) atoms. The normalized spacial score (nSPS) is 14.6. The van der Waals surface area contributed by atoms with E-state index in [0.29, 0.717) is 6.42 Å². The van der Waals surface area contributed by atoms with Crippen molar-refractivity contribution in [3.63, 3.8) is 0 Å². The topological polar surface area (TPSA) is 34.1 Å². The van der Waals surface area contributed by atoms with Crippen LogP contribution in [0.25, 0.3) is 0 Å². The van der Waals surface area contributed by atoms with Crippen molar-refractivity contribution in [2.24, 2.45) is 0 Å². The van der Waals surface area contributed by atoms with Crippen molar-refractivity contribution in [2.45, 2.75) is 25.0 Å². The molecule has 0 aliphatic rings. The van der Waals surface area contributed by atoms with E-state index in [4.69, 9.17) is 10.7 Å². The van der Waals surface area contributed by atoms with Crippen molar-refractivity contribution in [3.8, 4) is 0 Å². The molecule has 0 aromatic heterocycles. The molecule has 0 spiro atoms. The second kappa shape index (κ2) is 3.98. The molecule has 0 N–H and O–H groups in total. The quantitative estimate of drug-likeness (QED) is 0.492. The highest BCUT2D eigenvalue weighted by molar-refractivity contribution is 8.14. The Balaban J connectivity index is 4.22. The molecular formula is C6H11ClO2S. The van der Waals surface area contributed by atoms with Gasteiger partial charge in [0, 0.05) is 10.7 Å². The van der Waals surface area contributed by atoms with Crippen LogP contribution in [0.2, 0.25) is 0 Å². The third-order valence-corrected chi connectivity index (χ3v) is 3.04. The van der Waals surface area contributed by atoms with Crippen LogP contribution in [-0.4, -0.2) is 13.7 Å². The van der Waals surface area contributed by atoms with E-state index in [1.165, 1.54) is 6.08 Å². The van der Waals surface area contributed by atoms with Gasteiger partial charge in [0.25, 0.3) is 0 Å². The molecule has 0 aliphatic carbocycles. The van der Waals surface area contributed by atoms with Crippen LogP contribution in [0.4, 0.5) is 0 Å².